The molecule has 0 atom stereocenters. The number of ether oxygens (including phenoxy) is 1. The zero-order valence-electron chi connectivity index (χ0n) is 13.1. The number of anilines is 1. The van der Waals surface area contributed by atoms with Gasteiger partial charge in [-0.15, -0.1) is 0 Å². The van der Waals surface area contributed by atoms with Crippen LogP contribution in [0.5, 0.6) is 5.75 Å². The average Bonchev–Trinajstić information content (AvgIpc) is 2.84. The number of hydrogen-bond acceptors (Lipinski definition) is 5. The Balaban J connectivity index is 1.83. The molecule has 2 aromatic carbocycles. The first-order valence-electron chi connectivity index (χ1n) is 7.40. The van der Waals surface area contributed by atoms with Gasteiger partial charge in [-0.05, 0) is 48.9 Å². The van der Waals surface area contributed by atoms with E-state index in [9.17, 15) is 9.59 Å². The SMILES string of the molecule is COc1ccc(N2C(=O)c3nc4ccc(C)cc4nc3C2=O)cc1. The van der Waals surface area contributed by atoms with Crippen LogP contribution >= 0.6 is 0 Å². The van der Waals surface area contributed by atoms with Crippen LogP contribution in [0.15, 0.2) is 42.5 Å². The van der Waals surface area contributed by atoms with E-state index in [0.29, 0.717) is 22.5 Å². The highest BCUT2D eigenvalue weighted by molar-refractivity contribution is 6.33. The minimum atomic E-state index is -0.463. The molecule has 1 aliphatic heterocycles. The van der Waals surface area contributed by atoms with Crippen LogP contribution in [-0.4, -0.2) is 28.9 Å². The second-order valence-corrected chi connectivity index (χ2v) is 5.56. The maximum atomic E-state index is 12.7. The van der Waals surface area contributed by atoms with Crippen LogP contribution in [0.2, 0.25) is 0 Å². The van der Waals surface area contributed by atoms with E-state index >= 15 is 0 Å². The number of amides is 2. The molecule has 4 rings (SSSR count). The monoisotopic (exact) mass is 319 g/mol. The van der Waals surface area contributed by atoms with Gasteiger partial charge in [-0.3, -0.25) is 9.59 Å². The number of methoxy groups -OCH3 is 1. The van der Waals surface area contributed by atoms with Crippen molar-refractivity contribution in [3.63, 3.8) is 0 Å². The Morgan fingerprint density at radius 1 is 0.875 bits per heavy atom. The van der Waals surface area contributed by atoms with E-state index < -0.39 is 11.8 Å². The van der Waals surface area contributed by atoms with E-state index in [4.69, 9.17) is 4.74 Å². The van der Waals surface area contributed by atoms with Crippen molar-refractivity contribution in [2.24, 2.45) is 0 Å². The summed E-state index contributed by atoms with van der Waals surface area (Å²) in [6, 6.07) is 12.2. The lowest BCUT2D eigenvalue weighted by Gasteiger charge is -2.13. The van der Waals surface area contributed by atoms with Gasteiger partial charge in [0.1, 0.15) is 5.75 Å². The normalized spacial score (nSPS) is 13.5. The molecule has 0 aliphatic carbocycles. The Labute approximate surface area is 137 Å². The molecule has 0 spiro atoms. The molecule has 2 heterocycles. The molecular weight excluding hydrogens is 306 g/mol. The van der Waals surface area contributed by atoms with Crippen LogP contribution < -0.4 is 9.64 Å². The molecule has 6 heteroatoms. The minimum absolute atomic E-state index is 0.0900. The third-order valence-electron chi connectivity index (χ3n) is 3.96. The summed E-state index contributed by atoms with van der Waals surface area (Å²) in [7, 11) is 1.55. The van der Waals surface area contributed by atoms with E-state index in [1.54, 1.807) is 37.4 Å². The first kappa shape index (κ1) is 14.3. The Bertz CT molecular complexity index is 996. The van der Waals surface area contributed by atoms with E-state index in [2.05, 4.69) is 9.97 Å². The fraction of sp³-hybridized carbons (Fsp3) is 0.111. The van der Waals surface area contributed by atoms with Gasteiger partial charge in [-0.2, -0.15) is 0 Å². The molecule has 1 aromatic heterocycles. The number of imide groups is 1. The van der Waals surface area contributed by atoms with Crippen molar-refractivity contribution in [2.45, 2.75) is 6.92 Å². The Hall–Kier alpha value is -3.28. The average molecular weight is 319 g/mol. The summed E-state index contributed by atoms with van der Waals surface area (Å²) in [5.74, 6) is -0.279. The summed E-state index contributed by atoms with van der Waals surface area (Å²) in [5.41, 5.74) is 2.86. The lowest BCUT2D eigenvalue weighted by molar-refractivity contribution is 0.0923. The van der Waals surface area contributed by atoms with Crippen LogP contribution in [0.3, 0.4) is 0 Å². The fourth-order valence-corrected chi connectivity index (χ4v) is 2.73. The zero-order chi connectivity index (χ0) is 16.8. The maximum absolute atomic E-state index is 12.7. The molecule has 0 saturated heterocycles. The topological polar surface area (TPSA) is 72.4 Å². The largest absolute Gasteiger partial charge is 0.497 e. The highest BCUT2D eigenvalue weighted by atomic mass is 16.5. The molecule has 24 heavy (non-hydrogen) atoms. The Morgan fingerprint density at radius 3 is 2.12 bits per heavy atom. The molecule has 3 aromatic rings. The molecule has 0 unspecified atom stereocenters. The number of fused-ring (bicyclic) bond motifs is 2. The van der Waals surface area contributed by atoms with Crippen LogP contribution in [0.1, 0.15) is 26.5 Å². The van der Waals surface area contributed by atoms with Crippen molar-refractivity contribution in [3.05, 3.63) is 59.4 Å². The van der Waals surface area contributed by atoms with Gasteiger partial charge in [0.15, 0.2) is 11.4 Å². The predicted octanol–water partition coefficient (Wildman–Crippen LogP) is 2.75. The second-order valence-electron chi connectivity index (χ2n) is 5.56. The van der Waals surface area contributed by atoms with E-state index in [-0.39, 0.29) is 11.4 Å². The number of carbonyl (C=O) groups excluding carboxylic acids is 2. The molecule has 1 aliphatic rings. The molecule has 2 amide bonds. The van der Waals surface area contributed by atoms with Crippen molar-refractivity contribution in [3.8, 4) is 5.75 Å². The standard InChI is InChI=1S/C18H13N3O3/c1-10-3-8-13-14(9-10)20-16-15(19-13)17(22)21(18(16)23)11-4-6-12(24-2)7-5-11/h3-9H,1-2H3. The number of aromatic nitrogens is 2. The van der Waals surface area contributed by atoms with Crippen LogP contribution in [0, 0.1) is 6.92 Å². The molecule has 0 bridgehead atoms. The van der Waals surface area contributed by atoms with Crippen molar-refractivity contribution >= 4 is 28.5 Å². The zero-order valence-corrected chi connectivity index (χ0v) is 13.1. The first-order valence-corrected chi connectivity index (χ1v) is 7.40. The van der Waals surface area contributed by atoms with Gasteiger partial charge in [0.25, 0.3) is 11.8 Å². The van der Waals surface area contributed by atoms with Crippen LogP contribution in [0.4, 0.5) is 5.69 Å². The number of hydrogen-bond donors (Lipinski definition) is 0. The van der Waals surface area contributed by atoms with Crippen LogP contribution in [0.25, 0.3) is 11.0 Å². The van der Waals surface area contributed by atoms with Gasteiger partial charge in [0.2, 0.25) is 0 Å². The molecular formula is C18H13N3O3. The molecule has 0 fully saturated rings. The van der Waals surface area contributed by atoms with Gasteiger partial charge >= 0.3 is 0 Å². The second kappa shape index (κ2) is 5.13. The van der Waals surface area contributed by atoms with Gasteiger partial charge in [-0.25, -0.2) is 14.9 Å². The number of benzene rings is 2. The number of nitrogens with zero attached hydrogens (tertiary/aromatic N) is 3. The summed E-state index contributed by atoms with van der Waals surface area (Å²) in [5, 5.41) is 0. The summed E-state index contributed by atoms with van der Waals surface area (Å²) in [6.07, 6.45) is 0. The molecule has 0 N–H and O–H groups in total. The maximum Gasteiger partial charge on any atom is 0.286 e. The van der Waals surface area contributed by atoms with E-state index in [0.717, 1.165) is 10.5 Å². The molecule has 0 radical (unpaired) electrons. The number of aryl methyl sites for hydroxylation is 1. The third-order valence-corrected chi connectivity index (χ3v) is 3.96. The predicted molar refractivity (Wildman–Crippen MR) is 88.4 cm³/mol. The van der Waals surface area contributed by atoms with Crippen molar-refractivity contribution < 1.29 is 14.3 Å². The Morgan fingerprint density at radius 2 is 1.50 bits per heavy atom. The van der Waals surface area contributed by atoms with Crippen molar-refractivity contribution in [1.29, 1.82) is 0 Å². The molecule has 118 valence electrons. The summed E-state index contributed by atoms with van der Waals surface area (Å²) in [6.45, 7) is 1.94. The highest BCUT2D eigenvalue weighted by Crippen LogP contribution is 2.29. The van der Waals surface area contributed by atoms with E-state index in [1.807, 2.05) is 19.1 Å². The van der Waals surface area contributed by atoms with Gasteiger partial charge in [0, 0.05) is 0 Å². The lowest BCUT2D eigenvalue weighted by atomic mass is 10.2. The minimum Gasteiger partial charge on any atom is -0.497 e. The number of carbonyl (C=O) groups is 2. The molecule has 0 saturated carbocycles. The molecule has 6 nitrogen and oxygen atoms in total. The lowest BCUT2D eigenvalue weighted by Crippen LogP contribution is -2.29. The first-order chi connectivity index (χ1) is 11.6. The Kier molecular flexibility index (Phi) is 3.06. The van der Waals surface area contributed by atoms with Crippen LogP contribution in [-0.2, 0) is 0 Å². The quantitative estimate of drug-likeness (QED) is 0.679. The summed E-state index contributed by atoms with van der Waals surface area (Å²) in [4.78, 5) is 35.1. The summed E-state index contributed by atoms with van der Waals surface area (Å²) < 4.78 is 5.10. The smallest absolute Gasteiger partial charge is 0.286 e. The van der Waals surface area contributed by atoms with Gasteiger partial charge in [0.05, 0.1) is 23.8 Å². The third kappa shape index (κ3) is 2.04. The van der Waals surface area contributed by atoms with Gasteiger partial charge < -0.3 is 4.74 Å². The fourth-order valence-electron chi connectivity index (χ4n) is 2.73. The van der Waals surface area contributed by atoms with Gasteiger partial charge in [-0.1, -0.05) is 6.07 Å². The summed E-state index contributed by atoms with van der Waals surface area (Å²) >= 11 is 0. The number of rotatable bonds is 2. The highest BCUT2D eigenvalue weighted by Gasteiger charge is 2.39. The van der Waals surface area contributed by atoms with E-state index in [1.165, 1.54) is 0 Å². The van der Waals surface area contributed by atoms with Crippen molar-refractivity contribution in [1.82, 2.24) is 9.97 Å². The van der Waals surface area contributed by atoms with Crippen molar-refractivity contribution in [2.75, 3.05) is 12.0 Å².